The minimum atomic E-state index is 0.205. The number of phenolic OH excluding ortho intramolecular Hbond substituents is 1. The first-order chi connectivity index (χ1) is 9.08. The molecule has 0 saturated heterocycles. The molecule has 19 heavy (non-hydrogen) atoms. The lowest BCUT2D eigenvalue weighted by molar-refractivity contribution is 0.391. The lowest BCUT2D eigenvalue weighted by atomic mass is 9.98. The molecular weight excluding hydrogens is 234 g/mol. The summed E-state index contributed by atoms with van der Waals surface area (Å²) in [6.07, 6.45) is 5.10. The molecule has 2 atom stereocenters. The van der Waals surface area contributed by atoms with Crippen molar-refractivity contribution in [1.29, 1.82) is 0 Å². The molecule has 0 radical (unpaired) electrons. The number of aromatic hydroxyl groups is 1. The lowest BCUT2D eigenvalue weighted by Gasteiger charge is -2.20. The van der Waals surface area contributed by atoms with Gasteiger partial charge < -0.3 is 10.4 Å². The van der Waals surface area contributed by atoms with E-state index in [1.54, 1.807) is 0 Å². The van der Waals surface area contributed by atoms with Crippen LogP contribution in [0.1, 0.15) is 63.6 Å². The van der Waals surface area contributed by atoms with Crippen LogP contribution in [0.15, 0.2) is 18.2 Å². The number of hydrogen-bond acceptors (Lipinski definition) is 2. The van der Waals surface area contributed by atoms with Gasteiger partial charge in [0, 0.05) is 11.6 Å². The Morgan fingerprint density at radius 3 is 2.58 bits per heavy atom. The van der Waals surface area contributed by atoms with Crippen LogP contribution in [0.25, 0.3) is 0 Å². The predicted molar refractivity (Wildman–Crippen MR) is 82.6 cm³/mol. The largest absolute Gasteiger partial charge is 0.508 e. The first kappa shape index (κ1) is 16.0. The van der Waals surface area contributed by atoms with Crippen LogP contribution in [0.5, 0.6) is 5.75 Å². The van der Waals surface area contributed by atoms with Crippen molar-refractivity contribution in [2.75, 3.05) is 6.54 Å². The second-order valence-corrected chi connectivity index (χ2v) is 5.61. The number of rotatable bonds is 8. The van der Waals surface area contributed by atoms with Gasteiger partial charge in [-0.15, -0.1) is 0 Å². The minimum absolute atomic E-state index is 0.205. The van der Waals surface area contributed by atoms with Gasteiger partial charge in [0.25, 0.3) is 0 Å². The second kappa shape index (κ2) is 8.21. The van der Waals surface area contributed by atoms with Gasteiger partial charge in [0.05, 0.1) is 0 Å². The molecule has 0 amide bonds. The lowest BCUT2D eigenvalue weighted by Crippen LogP contribution is -2.25. The molecule has 0 aliphatic heterocycles. The first-order valence-corrected chi connectivity index (χ1v) is 7.61. The molecule has 0 aliphatic rings. The number of unbranched alkanes of at least 4 members (excludes halogenated alkanes) is 1. The van der Waals surface area contributed by atoms with E-state index in [9.17, 15) is 5.11 Å². The fraction of sp³-hybridized carbons (Fsp3) is 0.647. The van der Waals surface area contributed by atoms with E-state index < -0.39 is 0 Å². The van der Waals surface area contributed by atoms with Gasteiger partial charge in [-0.05, 0) is 44.4 Å². The Labute approximate surface area is 118 Å². The summed E-state index contributed by atoms with van der Waals surface area (Å²) in [4.78, 5) is 0. The molecule has 2 heteroatoms. The van der Waals surface area contributed by atoms with Crippen molar-refractivity contribution in [3.05, 3.63) is 29.3 Å². The zero-order valence-electron chi connectivity index (χ0n) is 12.9. The third kappa shape index (κ3) is 5.23. The molecule has 108 valence electrons. The average Bonchev–Trinajstić information content (AvgIpc) is 2.38. The van der Waals surface area contributed by atoms with Gasteiger partial charge in [-0.25, -0.2) is 0 Å². The van der Waals surface area contributed by atoms with E-state index in [0.717, 1.165) is 23.6 Å². The number of phenols is 1. The van der Waals surface area contributed by atoms with Crippen LogP contribution in [-0.4, -0.2) is 11.7 Å². The molecule has 0 aromatic heterocycles. The monoisotopic (exact) mass is 263 g/mol. The van der Waals surface area contributed by atoms with E-state index in [1.807, 2.05) is 19.1 Å². The molecule has 0 aliphatic carbocycles. The summed E-state index contributed by atoms with van der Waals surface area (Å²) in [7, 11) is 0. The molecule has 0 saturated carbocycles. The topological polar surface area (TPSA) is 32.3 Å². The van der Waals surface area contributed by atoms with E-state index in [0.29, 0.717) is 5.75 Å². The quantitative estimate of drug-likeness (QED) is 0.720. The minimum Gasteiger partial charge on any atom is -0.508 e. The van der Waals surface area contributed by atoms with Gasteiger partial charge >= 0.3 is 0 Å². The van der Waals surface area contributed by atoms with Crippen molar-refractivity contribution in [2.24, 2.45) is 5.92 Å². The zero-order chi connectivity index (χ0) is 14.3. The van der Waals surface area contributed by atoms with Crippen molar-refractivity contribution >= 4 is 0 Å². The number of benzene rings is 1. The number of nitrogens with one attached hydrogen (secondary N) is 1. The highest BCUT2D eigenvalue weighted by atomic mass is 16.3. The maximum atomic E-state index is 9.99. The summed E-state index contributed by atoms with van der Waals surface area (Å²) in [6, 6.07) is 6.12. The van der Waals surface area contributed by atoms with Crippen LogP contribution in [-0.2, 0) is 0 Å². The number of aryl methyl sites for hydroxylation is 1. The molecule has 2 N–H and O–H groups in total. The molecular formula is C17H29NO. The fourth-order valence-electron chi connectivity index (χ4n) is 2.42. The van der Waals surface area contributed by atoms with Crippen LogP contribution in [0.3, 0.4) is 0 Å². The van der Waals surface area contributed by atoms with Gasteiger partial charge in [-0.2, -0.15) is 0 Å². The molecule has 1 aromatic carbocycles. The molecule has 2 unspecified atom stereocenters. The van der Waals surface area contributed by atoms with Gasteiger partial charge in [0.2, 0.25) is 0 Å². The van der Waals surface area contributed by atoms with E-state index >= 15 is 0 Å². The maximum absolute atomic E-state index is 9.99. The second-order valence-electron chi connectivity index (χ2n) is 5.61. The Morgan fingerprint density at radius 2 is 2.00 bits per heavy atom. The van der Waals surface area contributed by atoms with E-state index in [1.165, 1.54) is 25.7 Å². The average molecular weight is 263 g/mol. The van der Waals surface area contributed by atoms with Gasteiger partial charge in [0.1, 0.15) is 5.75 Å². The van der Waals surface area contributed by atoms with Crippen molar-refractivity contribution in [1.82, 2.24) is 5.32 Å². The summed E-state index contributed by atoms with van der Waals surface area (Å²) in [5.41, 5.74) is 2.10. The smallest absolute Gasteiger partial charge is 0.120 e. The third-order valence-corrected chi connectivity index (χ3v) is 3.91. The van der Waals surface area contributed by atoms with E-state index in [2.05, 4.69) is 32.2 Å². The molecule has 0 bridgehead atoms. The Kier molecular flexibility index (Phi) is 6.93. The molecule has 0 heterocycles. The summed E-state index contributed by atoms with van der Waals surface area (Å²) in [5.74, 6) is 1.15. The Balaban J connectivity index is 2.51. The van der Waals surface area contributed by atoms with Crippen molar-refractivity contribution in [2.45, 2.75) is 59.4 Å². The molecule has 2 nitrogen and oxygen atoms in total. The van der Waals surface area contributed by atoms with Crippen molar-refractivity contribution < 1.29 is 5.11 Å². The van der Waals surface area contributed by atoms with Gasteiger partial charge in [-0.1, -0.05) is 45.2 Å². The van der Waals surface area contributed by atoms with Crippen molar-refractivity contribution in [3.8, 4) is 5.75 Å². The summed E-state index contributed by atoms with van der Waals surface area (Å²) in [6.45, 7) is 9.66. The van der Waals surface area contributed by atoms with Crippen LogP contribution in [0.4, 0.5) is 0 Å². The zero-order valence-corrected chi connectivity index (χ0v) is 12.9. The summed E-state index contributed by atoms with van der Waals surface area (Å²) < 4.78 is 0. The predicted octanol–water partition coefficient (Wildman–Crippen LogP) is 4.57. The van der Waals surface area contributed by atoms with Crippen molar-refractivity contribution in [3.63, 3.8) is 0 Å². The molecule has 0 fully saturated rings. The van der Waals surface area contributed by atoms with Crippen LogP contribution < -0.4 is 5.32 Å². The van der Waals surface area contributed by atoms with Gasteiger partial charge in [0.15, 0.2) is 0 Å². The maximum Gasteiger partial charge on any atom is 0.120 e. The summed E-state index contributed by atoms with van der Waals surface area (Å²) >= 11 is 0. The highest BCUT2D eigenvalue weighted by molar-refractivity contribution is 5.37. The highest BCUT2D eigenvalue weighted by Crippen LogP contribution is 2.25. The molecule has 1 aromatic rings. The van der Waals surface area contributed by atoms with E-state index in [4.69, 9.17) is 0 Å². The Bertz CT molecular complexity index is 376. The van der Waals surface area contributed by atoms with Crippen LogP contribution >= 0.6 is 0 Å². The Morgan fingerprint density at radius 1 is 1.26 bits per heavy atom. The normalized spacial score (nSPS) is 14.3. The SMILES string of the molecule is CCCCC(CC)CNC(C)c1ccc(C)cc1O. The Hall–Kier alpha value is -1.02. The fourth-order valence-corrected chi connectivity index (χ4v) is 2.42. The molecule has 1 rings (SSSR count). The van der Waals surface area contributed by atoms with Crippen LogP contribution in [0.2, 0.25) is 0 Å². The van der Waals surface area contributed by atoms with Gasteiger partial charge in [-0.3, -0.25) is 0 Å². The van der Waals surface area contributed by atoms with Crippen LogP contribution in [0, 0.1) is 12.8 Å². The highest BCUT2D eigenvalue weighted by Gasteiger charge is 2.12. The van der Waals surface area contributed by atoms with E-state index in [-0.39, 0.29) is 6.04 Å². The standard InChI is InChI=1S/C17H29NO/c1-5-7-8-15(6-2)12-18-14(4)16-10-9-13(3)11-17(16)19/h9-11,14-15,18-19H,5-8,12H2,1-4H3. The third-order valence-electron chi connectivity index (χ3n) is 3.91. The summed E-state index contributed by atoms with van der Waals surface area (Å²) in [5, 5.41) is 13.5. The number of hydrogen-bond donors (Lipinski definition) is 2. The first-order valence-electron chi connectivity index (χ1n) is 7.61. The molecule has 0 spiro atoms.